The lowest BCUT2D eigenvalue weighted by molar-refractivity contribution is -0.0593. The summed E-state index contributed by atoms with van der Waals surface area (Å²) >= 11 is 23.8. The fraction of sp³-hybridized carbons (Fsp3) is 0.427. The summed E-state index contributed by atoms with van der Waals surface area (Å²) in [5.41, 5.74) is 12.9. The van der Waals surface area contributed by atoms with Gasteiger partial charge in [0.1, 0.15) is 46.1 Å². The van der Waals surface area contributed by atoms with Gasteiger partial charge in [0, 0.05) is 118 Å². The number of likely N-dealkylation sites (tertiary alicyclic amines) is 2. The number of urea groups is 3. The van der Waals surface area contributed by atoms with Crippen molar-refractivity contribution in [2.45, 2.75) is 224 Å². The molecule has 6 amide bonds. The van der Waals surface area contributed by atoms with E-state index in [1.807, 2.05) is 140 Å². The predicted octanol–water partition coefficient (Wildman–Crippen LogP) is 20.9. The number of imidazole rings is 3. The van der Waals surface area contributed by atoms with Crippen LogP contribution in [0.15, 0.2) is 182 Å². The van der Waals surface area contributed by atoms with Gasteiger partial charge in [0.15, 0.2) is 0 Å². The van der Waals surface area contributed by atoms with E-state index >= 15 is 0 Å². The molecule has 2 N–H and O–H groups in total. The SMILES string of the molecule is CC(C)(C)OC(=O)c1ccc2nc(CCl)n(C[C@@H]3CCO3)c2c1.CC(C)(C)OC(=O)c1ccc2nc(CN3CCC(N4Cc5ccccc5N(CCc5ccc(Cl)cc5F)C4=O)CC3)n(C[C@@H]3CCO3)c2c1.O=C(O)c1ccc2nc(CN3CCC(N4Cc5ccccc5N(CCc5ccc(Cl)cc5F)C4=O)CC3)n(C[C@@H]3CCO3)c2c1.O=C1N(CCc2ccc(Cl)cc2F)c2ccccc2CN1C1CCNCC1. The zero-order chi connectivity index (χ0) is 101. The maximum atomic E-state index is 14.6. The number of alkyl halides is 1. The number of carboxylic acid groups (broad SMARTS) is 1. The summed E-state index contributed by atoms with van der Waals surface area (Å²) in [7, 11) is 0. The predicted molar refractivity (Wildman–Crippen MR) is 551 cm³/mol. The van der Waals surface area contributed by atoms with Gasteiger partial charge in [-0.3, -0.25) is 24.5 Å². The number of nitrogens with one attached hydrogen (secondary N) is 1. The zero-order valence-electron chi connectivity index (χ0n) is 82.0. The number of aromatic carboxylic acids is 1. The van der Waals surface area contributed by atoms with Crippen molar-refractivity contribution in [2.24, 2.45) is 0 Å². The van der Waals surface area contributed by atoms with Gasteiger partial charge in [-0.2, -0.15) is 0 Å². The first-order chi connectivity index (χ1) is 69.4. The van der Waals surface area contributed by atoms with Crippen molar-refractivity contribution in [1.29, 1.82) is 0 Å². The van der Waals surface area contributed by atoms with Crippen molar-refractivity contribution < 1.29 is 70.7 Å². The quantitative estimate of drug-likeness (QED) is 0.0377. The van der Waals surface area contributed by atoms with Crippen molar-refractivity contribution in [3.8, 4) is 0 Å². The molecule has 27 nitrogen and oxygen atoms in total. The van der Waals surface area contributed by atoms with Crippen LogP contribution in [0.2, 0.25) is 15.1 Å². The number of amides is 6. The lowest BCUT2D eigenvalue weighted by Crippen LogP contribution is -2.54. The monoisotopic (exact) mass is 2040 g/mol. The molecular weight excluding hydrogens is 1920 g/mol. The number of ether oxygens (including phenoxy) is 5. The lowest BCUT2D eigenvalue weighted by Gasteiger charge is -2.44. The maximum Gasteiger partial charge on any atom is 0.338 e. The van der Waals surface area contributed by atoms with Gasteiger partial charge in [-0.05, 0) is 274 Å². The third-order valence-corrected chi connectivity index (χ3v) is 29.2. The van der Waals surface area contributed by atoms with Crippen LogP contribution < -0.4 is 20.0 Å². The molecule has 0 unspecified atom stereocenters. The summed E-state index contributed by atoms with van der Waals surface area (Å²) in [6.07, 6.45) is 9.90. The second-order valence-corrected chi connectivity index (χ2v) is 41.9. The molecule has 0 aliphatic carbocycles. The van der Waals surface area contributed by atoms with Crippen molar-refractivity contribution in [2.75, 3.05) is 93.4 Å². The van der Waals surface area contributed by atoms with E-state index in [1.54, 1.807) is 81.4 Å². The number of para-hydroxylation sites is 3. The van der Waals surface area contributed by atoms with Crippen molar-refractivity contribution in [3.05, 3.63) is 282 Å². The highest BCUT2D eigenvalue weighted by Crippen LogP contribution is 2.39. The van der Waals surface area contributed by atoms with Gasteiger partial charge in [-0.1, -0.05) is 108 Å². The van der Waals surface area contributed by atoms with Crippen LogP contribution in [0.3, 0.4) is 0 Å². The molecule has 9 aromatic carbocycles. The molecule has 3 aromatic heterocycles. The van der Waals surface area contributed by atoms with Gasteiger partial charge in [-0.15, -0.1) is 11.6 Å². The highest BCUT2D eigenvalue weighted by Gasteiger charge is 2.41. The Morgan fingerprint density at radius 1 is 0.417 bits per heavy atom. The Morgan fingerprint density at radius 3 is 1.04 bits per heavy atom. The van der Waals surface area contributed by atoms with E-state index in [0.717, 1.165) is 201 Å². The van der Waals surface area contributed by atoms with E-state index in [-0.39, 0.29) is 89.5 Å². The summed E-state index contributed by atoms with van der Waals surface area (Å²) in [4.78, 5) is 109. The number of carbonyl (C=O) groups is 6. The Kier molecular flexibility index (Phi) is 32.1. The summed E-state index contributed by atoms with van der Waals surface area (Å²) in [6, 6.07) is 54.4. The van der Waals surface area contributed by atoms with Crippen LogP contribution in [-0.2, 0) is 101 Å². The molecule has 3 atom stereocenters. The average molecular weight is 2050 g/mol. The Hall–Kier alpha value is -11.7. The molecule has 0 spiro atoms. The Balaban J connectivity index is 0.000000132. The Bertz CT molecular complexity index is 6690. The highest BCUT2D eigenvalue weighted by atomic mass is 35.5. The maximum absolute atomic E-state index is 14.6. The van der Waals surface area contributed by atoms with Crippen molar-refractivity contribution in [1.82, 2.24) is 58.5 Å². The Morgan fingerprint density at radius 2 is 0.729 bits per heavy atom. The van der Waals surface area contributed by atoms with Gasteiger partial charge < -0.3 is 62.5 Å². The minimum Gasteiger partial charge on any atom is -0.478 e. The second kappa shape index (κ2) is 45.1. The molecule has 9 aliphatic rings. The second-order valence-electron chi connectivity index (χ2n) is 40.3. The van der Waals surface area contributed by atoms with E-state index in [1.165, 1.54) is 18.2 Å². The highest BCUT2D eigenvalue weighted by molar-refractivity contribution is 6.31. The first-order valence-electron chi connectivity index (χ1n) is 49.9. The smallest absolute Gasteiger partial charge is 0.338 e. The molecule has 0 bridgehead atoms. The fourth-order valence-corrected chi connectivity index (χ4v) is 21.0. The summed E-state index contributed by atoms with van der Waals surface area (Å²) in [5.74, 6) is 0.262. The van der Waals surface area contributed by atoms with E-state index in [4.69, 9.17) is 80.1 Å². The largest absolute Gasteiger partial charge is 0.478 e. The summed E-state index contributed by atoms with van der Waals surface area (Å²) in [6.45, 7) is 24.8. The van der Waals surface area contributed by atoms with Crippen LogP contribution in [0.5, 0.6) is 0 Å². The number of carboxylic acids is 1. The number of piperidine rings is 3. The molecule has 6 saturated heterocycles. The van der Waals surface area contributed by atoms with Crippen LogP contribution >= 0.6 is 46.4 Å². The van der Waals surface area contributed by atoms with Gasteiger partial charge in [-0.25, -0.2) is 56.9 Å². The van der Waals surface area contributed by atoms with Gasteiger partial charge in [0.25, 0.3) is 0 Å². The van der Waals surface area contributed by atoms with Crippen LogP contribution in [0, 0.1) is 17.5 Å². The van der Waals surface area contributed by atoms with E-state index in [0.29, 0.717) is 140 Å². The molecule has 34 heteroatoms. The number of aromatic nitrogens is 6. The van der Waals surface area contributed by atoms with Crippen molar-refractivity contribution >= 4 is 133 Å². The number of hydrogen-bond donors (Lipinski definition) is 2. The molecule has 6 fully saturated rings. The van der Waals surface area contributed by atoms with Crippen LogP contribution in [-0.4, -0.2) is 221 Å². The molecule has 21 rings (SSSR count). The number of hydrogen-bond acceptors (Lipinski definition) is 17. The summed E-state index contributed by atoms with van der Waals surface area (Å²) in [5, 5.41) is 14.0. The number of carbonyl (C=O) groups excluding carboxylic acids is 5. The number of esters is 2. The third-order valence-electron chi connectivity index (χ3n) is 28.3. The number of benzene rings is 9. The van der Waals surface area contributed by atoms with Gasteiger partial charge in [0.05, 0.1) is 124 Å². The van der Waals surface area contributed by atoms with Crippen LogP contribution in [0.1, 0.15) is 181 Å². The summed E-state index contributed by atoms with van der Waals surface area (Å²) < 4.78 is 77.8. The lowest BCUT2D eigenvalue weighted by atomic mass is 10.00. The fourth-order valence-electron chi connectivity index (χ4n) is 20.4. The van der Waals surface area contributed by atoms with E-state index in [2.05, 4.69) is 47.4 Å². The van der Waals surface area contributed by atoms with Crippen LogP contribution in [0.4, 0.5) is 44.6 Å². The minimum absolute atomic E-state index is 0.0231. The topological polar surface area (TPSA) is 260 Å². The number of nitrogens with zero attached hydrogens (tertiary/aromatic N) is 14. The van der Waals surface area contributed by atoms with Crippen LogP contribution in [0.25, 0.3) is 33.1 Å². The van der Waals surface area contributed by atoms with Gasteiger partial charge >= 0.3 is 36.0 Å². The number of fused-ring (bicyclic) bond motifs is 6. The Labute approximate surface area is 856 Å². The molecule has 12 aromatic rings. The zero-order valence-corrected chi connectivity index (χ0v) is 85.0. The van der Waals surface area contributed by atoms with Crippen molar-refractivity contribution in [3.63, 3.8) is 0 Å². The molecule has 0 radical (unpaired) electrons. The molecule has 144 heavy (non-hydrogen) atoms. The van der Waals surface area contributed by atoms with E-state index < -0.39 is 17.2 Å². The third kappa shape index (κ3) is 24.2. The first-order valence-corrected chi connectivity index (χ1v) is 51.6. The molecule has 0 saturated carbocycles. The average Bonchev–Trinajstić information content (AvgIpc) is 1.76. The van der Waals surface area contributed by atoms with Gasteiger partial charge in [0.2, 0.25) is 0 Å². The number of rotatable bonds is 26. The molecule has 9 aliphatic heterocycles. The molecular formula is C110H122Cl4F3N15O12. The molecule has 758 valence electrons. The number of anilines is 3. The normalized spacial score (nSPS) is 18.6. The first kappa shape index (κ1) is 102. The van der Waals surface area contributed by atoms with E-state index in [9.17, 15) is 47.0 Å². The minimum atomic E-state index is -0.959. The molecule has 12 heterocycles. The standard InChI is InChI=1S/C38H43ClFN5O4.C34H35ClFN5O4.C21H23ClFN3O.C17H21ClN2O3/c1-38(2,3)49-36(46)26-9-11-32-34(20-26)45(23-30-15-19-48-30)35(41-32)24-42-16-13-29(14-17-42)44-22-27-6-4-5-7-33(27)43(37(44)47)18-12-25-8-10-28(39)21-31(25)40;35-25-7-5-22(28(36)18-25)9-15-39-30-4-2-1-3-24(30)19-40(34(39)44)26-10-13-38(14-11-26)21-32-37-29-8-6-23(33(42)43)17-31(29)41(32)20-27-12-16-45-27;22-17-6-5-15(19(23)13-17)9-12-25-20-4-2-1-3-16(20)14-26(21(25)27)18-7-10-24-11-8-18;1-17(2,3)23-16(21)11-4-5-13-14(8-11)20(15(9-18)19-13)10-12-6-7-22-12/h4-11,20-21,29-30H,12-19,22-24H2,1-3H3;1-8,17-18,26-27H,9-16,19-21H2,(H,42,43);1-6,13,18,24H,7-12,14H2;4-5,8,12H,6-7,9-10H2,1-3H3/t30-;27-;;12-/m00.0/s1. The number of halogens is 7.